The molecule has 0 aliphatic heterocycles. The zero-order chi connectivity index (χ0) is 17.2. The zero-order valence-corrected chi connectivity index (χ0v) is 14.6. The van der Waals surface area contributed by atoms with E-state index in [4.69, 9.17) is 9.47 Å². The highest BCUT2D eigenvalue weighted by Crippen LogP contribution is 2.28. The highest BCUT2D eigenvalue weighted by atomic mass is 19.1. The van der Waals surface area contributed by atoms with Crippen molar-refractivity contribution in [1.82, 2.24) is 10.6 Å². The molecular weight excluding hydrogens is 309 g/mol. The van der Waals surface area contributed by atoms with E-state index in [0.717, 1.165) is 31.6 Å². The Balaban J connectivity index is 1.69. The maximum atomic E-state index is 13.1. The number of hydrogen-bond acceptors (Lipinski definition) is 3. The van der Waals surface area contributed by atoms with E-state index >= 15 is 0 Å². The number of guanidine groups is 1. The largest absolute Gasteiger partial charge is 0.489 e. The van der Waals surface area contributed by atoms with Gasteiger partial charge in [0.1, 0.15) is 17.7 Å². The quantitative estimate of drug-likeness (QED) is 0.391. The number of ether oxygens (including phenoxy) is 2. The van der Waals surface area contributed by atoms with E-state index in [1.807, 2.05) is 13.8 Å². The molecule has 0 spiro atoms. The van der Waals surface area contributed by atoms with Crippen molar-refractivity contribution in [3.8, 4) is 5.75 Å². The van der Waals surface area contributed by atoms with Crippen LogP contribution in [0.5, 0.6) is 5.75 Å². The minimum Gasteiger partial charge on any atom is -0.489 e. The Bertz CT molecular complexity index is 521. The first-order valence-electron chi connectivity index (χ1n) is 8.69. The monoisotopic (exact) mass is 337 g/mol. The molecule has 1 aliphatic rings. The fourth-order valence-corrected chi connectivity index (χ4v) is 2.15. The van der Waals surface area contributed by atoms with Crippen molar-refractivity contribution in [2.24, 2.45) is 10.9 Å². The summed E-state index contributed by atoms with van der Waals surface area (Å²) in [7, 11) is 0. The molecule has 5 nitrogen and oxygen atoms in total. The Hall–Kier alpha value is -1.82. The molecule has 24 heavy (non-hydrogen) atoms. The molecule has 1 aliphatic carbocycles. The summed E-state index contributed by atoms with van der Waals surface area (Å²) < 4.78 is 24.4. The van der Waals surface area contributed by atoms with Gasteiger partial charge >= 0.3 is 0 Å². The predicted octanol–water partition coefficient (Wildman–Crippen LogP) is 2.57. The van der Waals surface area contributed by atoms with Gasteiger partial charge in [0, 0.05) is 25.8 Å². The molecule has 0 radical (unpaired) electrons. The van der Waals surface area contributed by atoms with Crippen molar-refractivity contribution in [1.29, 1.82) is 0 Å². The molecule has 1 fully saturated rings. The van der Waals surface area contributed by atoms with E-state index in [9.17, 15) is 4.39 Å². The summed E-state index contributed by atoms with van der Waals surface area (Å²) in [6.45, 7) is 7.47. The molecule has 1 atom stereocenters. The number of halogens is 1. The van der Waals surface area contributed by atoms with Crippen LogP contribution < -0.4 is 15.4 Å². The third-order valence-electron chi connectivity index (χ3n) is 3.57. The molecule has 6 heteroatoms. The van der Waals surface area contributed by atoms with Gasteiger partial charge in [0.15, 0.2) is 5.96 Å². The molecule has 0 amide bonds. The topological polar surface area (TPSA) is 54.9 Å². The summed E-state index contributed by atoms with van der Waals surface area (Å²) in [4.78, 5) is 4.50. The molecule has 134 valence electrons. The molecule has 1 saturated carbocycles. The Morgan fingerprint density at radius 3 is 2.92 bits per heavy atom. The van der Waals surface area contributed by atoms with Gasteiger partial charge in [0.25, 0.3) is 0 Å². The third kappa shape index (κ3) is 7.64. The van der Waals surface area contributed by atoms with E-state index in [1.54, 1.807) is 12.1 Å². The van der Waals surface area contributed by atoms with Crippen molar-refractivity contribution in [3.05, 3.63) is 30.1 Å². The van der Waals surface area contributed by atoms with Crippen LogP contribution in [-0.2, 0) is 4.74 Å². The highest BCUT2D eigenvalue weighted by molar-refractivity contribution is 5.79. The first-order valence-corrected chi connectivity index (χ1v) is 8.69. The van der Waals surface area contributed by atoms with E-state index in [-0.39, 0.29) is 11.9 Å². The first-order chi connectivity index (χ1) is 11.7. The van der Waals surface area contributed by atoms with Gasteiger partial charge in [0.2, 0.25) is 0 Å². The Labute approximate surface area is 143 Å². The zero-order valence-electron chi connectivity index (χ0n) is 14.6. The fraction of sp³-hybridized carbons (Fsp3) is 0.611. The van der Waals surface area contributed by atoms with Gasteiger partial charge in [-0.05, 0) is 44.7 Å². The average molecular weight is 337 g/mol. The lowest BCUT2D eigenvalue weighted by Crippen LogP contribution is -2.39. The van der Waals surface area contributed by atoms with Gasteiger partial charge < -0.3 is 20.1 Å². The SMILES string of the molecule is CCNC(=NCC(C)Oc1cccc(F)c1)NCCOCC1CC1. The van der Waals surface area contributed by atoms with Gasteiger partial charge in [-0.15, -0.1) is 0 Å². The van der Waals surface area contributed by atoms with Crippen molar-refractivity contribution >= 4 is 5.96 Å². The lowest BCUT2D eigenvalue weighted by atomic mass is 10.3. The molecule has 1 unspecified atom stereocenters. The van der Waals surface area contributed by atoms with Crippen LogP contribution in [0.4, 0.5) is 4.39 Å². The van der Waals surface area contributed by atoms with E-state index in [2.05, 4.69) is 15.6 Å². The second-order valence-electron chi connectivity index (χ2n) is 6.05. The average Bonchev–Trinajstić information content (AvgIpc) is 3.36. The number of nitrogens with one attached hydrogen (secondary N) is 2. The number of rotatable bonds is 10. The minimum atomic E-state index is -0.301. The van der Waals surface area contributed by atoms with Crippen LogP contribution in [0.2, 0.25) is 0 Å². The Morgan fingerprint density at radius 2 is 2.21 bits per heavy atom. The summed E-state index contributed by atoms with van der Waals surface area (Å²) >= 11 is 0. The molecule has 1 aromatic carbocycles. The van der Waals surface area contributed by atoms with Crippen LogP contribution in [0.3, 0.4) is 0 Å². The van der Waals surface area contributed by atoms with Crippen LogP contribution in [-0.4, -0.2) is 44.9 Å². The summed E-state index contributed by atoms with van der Waals surface area (Å²) in [5.41, 5.74) is 0. The van der Waals surface area contributed by atoms with E-state index in [0.29, 0.717) is 18.9 Å². The van der Waals surface area contributed by atoms with E-state index < -0.39 is 0 Å². The van der Waals surface area contributed by atoms with Gasteiger partial charge in [-0.3, -0.25) is 0 Å². The predicted molar refractivity (Wildman–Crippen MR) is 94.0 cm³/mol. The van der Waals surface area contributed by atoms with Gasteiger partial charge in [-0.2, -0.15) is 0 Å². The second kappa shape index (κ2) is 10.1. The van der Waals surface area contributed by atoms with Crippen LogP contribution in [0.25, 0.3) is 0 Å². The Kier molecular flexibility index (Phi) is 7.82. The fourth-order valence-electron chi connectivity index (χ4n) is 2.15. The lowest BCUT2D eigenvalue weighted by Gasteiger charge is -2.15. The van der Waals surface area contributed by atoms with Crippen molar-refractivity contribution in [3.63, 3.8) is 0 Å². The molecule has 0 heterocycles. The molecule has 1 aromatic rings. The third-order valence-corrected chi connectivity index (χ3v) is 3.57. The molecule has 0 bridgehead atoms. The maximum absolute atomic E-state index is 13.1. The van der Waals surface area contributed by atoms with Crippen LogP contribution in [0.1, 0.15) is 26.7 Å². The normalized spacial score (nSPS) is 15.9. The smallest absolute Gasteiger partial charge is 0.191 e. The first kappa shape index (κ1) is 18.5. The Morgan fingerprint density at radius 1 is 1.38 bits per heavy atom. The second-order valence-corrected chi connectivity index (χ2v) is 6.05. The highest BCUT2D eigenvalue weighted by Gasteiger charge is 2.20. The summed E-state index contributed by atoms with van der Waals surface area (Å²) in [6.07, 6.45) is 2.47. The van der Waals surface area contributed by atoms with Crippen molar-refractivity contribution in [2.75, 3.05) is 32.8 Å². The lowest BCUT2D eigenvalue weighted by molar-refractivity contribution is 0.129. The maximum Gasteiger partial charge on any atom is 0.191 e. The number of aliphatic imine (C=N–C) groups is 1. The molecule has 2 N–H and O–H groups in total. The van der Waals surface area contributed by atoms with Gasteiger partial charge in [0.05, 0.1) is 13.2 Å². The molecular formula is C18H28FN3O2. The van der Waals surface area contributed by atoms with Crippen molar-refractivity contribution < 1.29 is 13.9 Å². The molecule has 0 saturated heterocycles. The van der Waals surface area contributed by atoms with Crippen LogP contribution >= 0.6 is 0 Å². The molecule has 0 aromatic heterocycles. The van der Waals surface area contributed by atoms with Gasteiger partial charge in [-0.25, -0.2) is 9.38 Å². The summed E-state index contributed by atoms with van der Waals surface area (Å²) in [5.74, 6) is 1.74. The number of nitrogens with zero attached hydrogens (tertiary/aromatic N) is 1. The van der Waals surface area contributed by atoms with Crippen molar-refractivity contribution in [2.45, 2.75) is 32.8 Å². The standard InChI is InChI=1S/C18H28FN3O2/c1-3-20-18(21-9-10-23-13-15-7-8-15)22-12-14(2)24-17-6-4-5-16(19)11-17/h4-6,11,14-15H,3,7-10,12-13H2,1-2H3,(H2,20,21,22). The molecule has 2 rings (SSSR count). The number of hydrogen-bond donors (Lipinski definition) is 2. The van der Waals surface area contributed by atoms with E-state index in [1.165, 1.54) is 25.0 Å². The number of benzene rings is 1. The van der Waals surface area contributed by atoms with Gasteiger partial charge in [-0.1, -0.05) is 6.07 Å². The summed E-state index contributed by atoms with van der Waals surface area (Å²) in [5, 5.41) is 6.43. The van der Waals surface area contributed by atoms with Crippen LogP contribution in [0, 0.1) is 11.7 Å². The van der Waals surface area contributed by atoms with Crippen LogP contribution in [0.15, 0.2) is 29.3 Å². The minimum absolute atomic E-state index is 0.145. The summed E-state index contributed by atoms with van der Waals surface area (Å²) in [6, 6.07) is 6.15.